The number of hydrazone groups is 2. The first kappa shape index (κ1) is 45.3. The second-order valence-electron chi connectivity index (χ2n) is 13.4. The average Bonchev–Trinajstić information content (AvgIpc) is 3.22. The Labute approximate surface area is 367 Å². The minimum absolute atomic E-state index is 0.0361. The van der Waals surface area contributed by atoms with Crippen molar-refractivity contribution in [3.8, 4) is 0 Å². The number of nitrogens with zero attached hydrogens (tertiary/aromatic N) is 2. The smallest absolute Gasteiger partial charge is 0.298 e. The standard InChI is InChI=1S/C39H27N5O15S5/c45-33-16-15-31-32(19-29(62(51,52)53)20-34(31)63(54,55)56)36(33)43-41-24-3-1-21(2-4-24)39(47)40-23-5-9-26(10-6-23)60-27-11-7-25(8-12-27)42-44-37-30-14-13-28(61(48,49)50)17-22(30)18-35(38(37)46)64(57,58)59/h1-20,41-42H,(H,40,47)(H,48,49,50)(H,51,52,53)(H,54,55,56)(H,57,58,59)/b43-36-,44-37-. The molecule has 0 unspecified atom stereocenters. The number of Topliss-reactive ketones (excluding diaryl/α,β-unsaturated/α-hetero) is 1. The van der Waals surface area contributed by atoms with Gasteiger partial charge in [0.05, 0.1) is 21.2 Å². The summed E-state index contributed by atoms with van der Waals surface area (Å²) in [6, 6.07) is 23.8. The fraction of sp³-hybridized carbons (Fsp3) is 0. The van der Waals surface area contributed by atoms with Gasteiger partial charge in [-0.25, -0.2) is 0 Å². The van der Waals surface area contributed by atoms with Gasteiger partial charge in [0.2, 0.25) is 11.6 Å². The van der Waals surface area contributed by atoms with Crippen molar-refractivity contribution in [2.75, 3.05) is 16.2 Å². The Hall–Kier alpha value is -6.68. The summed E-state index contributed by atoms with van der Waals surface area (Å²) in [5, 5.41) is 10.8. The molecule has 2 aliphatic rings. The number of amides is 1. The van der Waals surface area contributed by atoms with Crippen LogP contribution in [-0.4, -0.2) is 80.8 Å². The van der Waals surface area contributed by atoms with Crippen molar-refractivity contribution >= 4 is 110 Å². The number of hydrogen-bond acceptors (Lipinski definition) is 16. The molecule has 7 rings (SSSR count). The molecule has 0 bridgehead atoms. The average molecular weight is 966 g/mol. The van der Waals surface area contributed by atoms with Gasteiger partial charge in [0, 0.05) is 37.7 Å². The molecule has 0 fully saturated rings. The van der Waals surface area contributed by atoms with Crippen LogP contribution in [0.2, 0.25) is 0 Å². The number of rotatable bonds is 12. The van der Waals surface area contributed by atoms with Crippen LogP contribution < -0.4 is 16.2 Å². The summed E-state index contributed by atoms with van der Waals surface area (Å²) >= 11 is 1.36. The van der Waals surface area contributed by atoms with Crippen molar-refractivity contribution in [1.29, 1.82) is 0 Å². The van der Waals surface area contributed by atoms with Crippen LogP contribution >= 0.6 is 11.8 Å². The SMILES string of the molecule is O=C1C(S(=O)(=O)O)=Cc2cc(S(=O)(=O)O)ccc2/C1=N/Nc1ccc(Sc2ccc(NC(=O)c3ccc(N/N=C4\C(=O)C=Cc5c4cc(S(=O)(=O)O)cc5S(=O)(=O)O)cc3)cc2)cc1. The zero-order valence-corrected chi connectivity index (χ0v) is 35.8. The van der Waals surface area contributed by atoms with Crippen LogP contribution in [0.5, 0.6) is 0 Å². The molecule has 0 radical (unpaired) electrons. The molecule has 20 nitrogen and oxygen atoms in total. The third-order valence-corrected chi connectivity index (χ3v) is 13.6. The third kappa shape index (κ3) is 10.1. The van der Waals surface area contributed by atoms with Crippen LogP contribution in [0.3, 0.4) is 0 Å². The number of ketones is 2. The van der Waals surface area contributed by atoms with Crippen molar-refractivity contribution in [3.63, 3.8) is 0 Å². The maximum absolute atomic E-state index is 13.0. The molecule has 5 aromatic carbocycles. The third-order valence-electron chi connectivity index (χ3n) is 9.10. The Morgan fingerprint density at radius 3 is 1.64 bits per heavy atom. The first-order chi connectivity index (χ1) is 30.0. The van der Waals surface area contributed by atoms with Gasteiger partial charge in [0.1, 0.15) is 21.2 Å². The van der Waals surface area contributed by atoms with E-state index in [1.807, 2.05) is 0 Å². The minimum atomic E-state index is -5.04. The van der Waals surface area contributed by atoms with Crippen molar-refractivity contribution in [2.45, 2.75) is 24.5 Å². The number of nitrogens with one attached hydrogen (secondary N) is 3. The molecule has 328 valence electrons. The van der Waals surface area contributed by atoms with Gasteiger partial charge < -0.3 is 5.32 Å². The number of hydrogen-bond donors (Lipinski definition) is 7. The quantitative estimate of drug-likeness (QED) is 0.0648. The van der Waals surface area contributed by atoms with Crippen LogP contribution in [0.15, 0.2) is 149 Å². The monoisotopic (exact) mass is 965 g/mol. The zero-order chi connectivity index (χ0) is 46.4. The molecule has 1 amide bonds. The maximum atomic E-state index is 13.0. The Morgan fingerprint density at radius 1 is 0.547 bits per heavy atom. The van der Waals surface area contributed by atoms with E-state index in [2.05, 4.69) is 26.4 Å². The summed E-state index contributed by atoms with van der Waals surface area (Å²) in [5.74, 6) is -2.38. The lowest BCUT2D eigenvalue weighted by molar-refractivity contribution is -0.109. The summed E-state index contributed by atoms with van der Waals surface area (Å²) < 4.78 is 133. The van der Waals surface area contributed by atoms with E-state index in [9.17, 15) is 66.3 Å². The van der Waals surface area contributed by atoms with E-state index in [-0.39, 0.29) is 33.5 Å². The predicted molar refractivity (Wildman–Crippen MR) is 233 cm³/mol. The molecule has 5 aromatic rings. The molecule has 0 atom stereocenters. The van der Waals surface area contributed by atoms with E-state index in [0.29, 0.717) is 17.4 Å². The molecule has 7 N–H and O–H groups in total. The largest absolute Gasteiger partial charge is 0.322 e. The summed E-state index contributed by atoms with van der Waals surface area (Å²) in [6.45, 7) is 0. The Balaban J connectivity index is 0.979. The Bertz CT molecular complexity index is 3410. The highest BCUT2D eigenvalue weighted by molar-refractivity contribution is 7.99. The van der Waals surface area contributed by atoms with E-state index in [0.717, 1.165) is 52.3 Å². The van der Waals surface area contributed by atoms with Gasteiger partial charge in [0.15, 0.2) is 0 Å². The van der Waals surface area contributed by atoms with E-state index < -0.39 is 89.0 Å². The van der Waals surface area contributed by atoms with Crippen LogP contribution in [0.25, 0.3) is 12.2 Å². The summed E-state index contributed by atoms with van der Waals surface area (Å²) in [6.07, 6.45) is 2.80. The van der Waals surface area contributed by atoms with Gasteiger partial charge >= 0.3 is 0 Å². The highest BCUT2D eigenvalue weighted by atomic mass is 32.2. The molecule has 2 aliphatic carbocycles. The predicted octanol–water partition coefficient (Wildman–Crippen LogP) is 4.87. The number of fused-ring (bicyclic) bond motifs is 2. The fourth-order valence-corrected chi connectivity index (χ4v) is 9.36. The Morgan fingerprint density at radius 2 is 1.09 bits per heavy atom. The molecule has 0 spiro atoms. The maximum Gasteiger partial charge on any atom is 0.298 e. The van der Waals surface area contributed by atoms with Gasteiger partial charge in [-0.3, -0.25) is 43.4 Å². The van der Waals surface area contributed by atoms with Crippen LogP contribution in [-0.2, 0) is 50.1 Å². The number of allylic oxidation sites excluding steroid dienone is 2. The number of benzene rings is 5. The molecular formula is C39H27N5O15S5. The van der Waals surface area contributed by atoms with E-state index in [1.165, 1.54) is 36.0 Å². The number of carbonyl (C=O) groups excluding carboxylic acids is 3. The molecule has 0 aromatic heterocycles. The highest BCUT2D eigenvalue weighted by Gasteiger charge is 2.34. The van der Waals surface area contributed by atoms with Crippen LogP contribution in [0.1, 0.15) is 32.6 Å². The zero-order valence-electron chi connectivity index (χ0n) is 31.8. The second-order valence-corrected chi connectivity index (χ2v) is 20.2. The van der Waals surface area contributed by atoms with Gasteiger partial charge in [-0.2, -0.15) is 43.9 Å². The van der Waals surface area contributed by atoms with Gasteiger partial charge in [-0.05, 0) is 121 Å². The van der Waals surface area contributed by atoms with Gasteiger partial charge in [-0.1, -0.05) is 17.8 Å². The normalized spacial score (nSPS) is 15.3. The summed E-state index contributed by atoms with van der Waals surface area (Å²) in [5.41, 5.74) is 5.08. The summed E-state index contributed by atoms with van der Waals surface area (Å²) in [7, 11) is -19.7. The first-order valence-corrected chi connectivity index (χ1v) is 24.2. The first-order valence-electron chi connectivity index (χ1n) is 17.6. The lowest BCUT2D eigenvalue weighted by Gasteiger charge is -2.17. The second kappa shape index (κ2) is 17.1. The topological polar surface area (TPSA) is 330 Å². The van der Waals surface area contributed by atoms with Crippen molar-refractivity contribution in [3.05, 3.63) is 142 Å². The van der Waals surface area contributed by atoms with Crippen LogP contribution in [0, 0.1) is 0 Å². The van der Waals surface area contributed by atoms with E-state index >= 15 is 0 Å². The van der Waals surface area contributed by atoms with E-state index in [4.69, 9.17) is 0 Å². The summed E-state index contributed by atoms with van der Waals surface area (Å²) in [4.78, 5) is 36.9. The molecule has 64 heavy (non-hydrogen) atoms. The molecule has 0 aliphatic heterocycles. The lowest BCUT2D eigenvalue weighted by Crippen LogP contribution is -2.27. The molecule has 0 saturated heterocycles. The molecule has 25 heteroatoms. The van der Waals surface area contributed by atoms with Crippen LogP contribution in [0.4, 0.5) is 17.1 Å². The molecule has 0 heterocycles. The Kier molecular flexibility index (Phi) is 12.1. The van der Waals surface area contributed by atoms with Crippen molar-refractivity contribution in [1.82, 2.24) is 0 Å². The minimum Gasteiger partial charge on any atom is -0.322 e. The highest BCUT2D eigenvalue weighted by Crippen LogP contribution is 2.32. The van der Waals surface area contributed by atoms with Crippen molar-refractivity contribution < 1.29 is 66.3 Å². The number of carbonyl (C=O) groups is 3. The fourth-order valence-electron chi connectivity index (χ4n) is 6.08. The number of anilines is 3. The van der Waals surface area contributed by atoms with Gasteiger partial charge in [0.25, 0.3) is 46.4 Å². The molecular weight excluding hydrogens is 939 g/mol. The van der Waals surface area contributed by atoms with Gasteiger partial charge in [-0.15, -0.1) is 0 Å². The molecule has 0 saturated carbocycles. The van der Waals surface area contributed by atoms with E-state index in [1.54, 1.807) is 48.5 Å². The van der Waals surface area contributed by atoms with Crippen molar-refractivity contribution in [2.24, 2.45) is 10.2 Å². The lowest BCUT2D eigenvalue weighted by atomic mass is 9.94.